The summed E-state index contributed by atoms with van der Waals surface area (Å²) in [4.78, 5) is 72.9. The van der Waals surface area contributed by atoms with E-state index in [-0.39, 0.29) is 73.9 Å². The normalized spacial score (nSPS) is 10.4. The number of ketones is 2. The Labute approximate surface area is 394 Å². The number of furan rings is 2. The van der Waals surface area contributed by atoms with Crippen LogP contribution in [0.25, 0.3) is 45.1 Å². The molecule has 0 fully saturated rings. The van der Waals surface area contributed by atoms with Gasteiger partial charge >= 0.3 is 6.03 Å². The van der Waals surface area contributed by atoms with Crippen molar-refractivity contribution in [2.24, 2.45) is 4.99 Å². The van der Waals surface area contributed by atoms with Crippen molar-refractivity contribution in [3.05, 3.63) is 130 Å². The minimum atomic E-state index is -0.312. The van der Waals surface area contributed by atoms with Gasteiger partial charge in [0.05, 0.1) is 63.4 Å². The van der Waals surface area contributed by atoms with Gasteiger partial charge in [-0.25, -0.2) is 34.5 Å². The molecule has 6 N–H and O–H groups in total. The van der Waals surface area contributed by atoms with E-state index in [9.17, 15) is 19.2 Å². The van der Waals surface area contributed by atoms with Crippen molar-refractivity contribution in [1.29, 1.82) is 0 Å². The summed E-state index contributed by atoms with van der Waals surface area (Å²) in [5.74, 6) is 1.51. The maximum Gasteiger partial charge on any atom is 0.319 e. The Morgan fingerprint density at radius 3 is 1.70 bits per heavy atom. The summed E-state index contributed by atoms with van der Waals surface area (Å²) >= 11 is 12.7. The van der Waals surface area contributed by atoms with Crippen LogP contribution in [-0.2, 0) is 17.6 Å². The van der Waals surface area contributed by atoms with Crippen LogP contribution < -0.4 is 40.3 Å². The molecule has 6 heterocycles. The Bertz CT molecular complexity index is 2890. The smallest absolute Gasteiger partial charge is 0.319 e. The number of fused-ring (bicyclic) bond motifs is 2. The van der Waals surface area contributed by atoms with Gasteiger partial charge in [0.15, 0.2) is 22.8 Å². The lowest BCUT2D eigenvalue weighted by Crippen LogP contribution is -3.00. The molecule has 0 bridgehead atoms. The fraction of sp³-hybridized carbons (Fsp3) is 0.200. The summed E-state index contributed by atoms with van der Waals surface area (Å²) in [6.07, 6.45) is 7.86. The number of nitrogens with one attached hydrogen (secondary N) is 4. The number of Topliss-reactive ketones (excluding diaryl/α,β-unsaturated/α-hetero) is 2. The van der Waals surface area contributed by atoms with Gasteiger partial charge in [-0.3, -0.25) is 9.59 Å². The molecule has 0 saturated heterocycles. The molecular formula is C45H44Cl2IN10O6-. The number of benzene rings is 2. The lowest BCUT2D eigenvalue weighted by atomic mass is 10.0. The van der Waals surface area contributed by atoms with E-state index in [4.69, 9.17) is 37.8 Å². The van der Waals surface area contributed by atoms with Crippen LogP contribution in [0.5, 0.6) is 0 Å². The van der Waals surface area contributed by atoms with Crippen molar-refractivity contribution in [3.8, 4) is 22.8 Å². The first-order valence-electron chi connectivity index (χ1n) is 19.1. The minimum Gasteiger partial charge on any atom is -1.00 e. The topological polar surface area (TPSA) is 240 Å². The van der Waals surface area contributed by atoms with Gasteiger partial charge in [0.2, 0.25) is 17.6 Å². The third-order valence-corrected chi connectivity index (χ3v) is 9.24. The maximum absolute atomic E-state index is 12.3. The van der Waals surface area contributed by atoms with Crippen molar-refractivity contribution in [2.75, 3.05) is 11.1 Å². The van der Waals surface area contributed by atoms with Crippen LogP contribution in [0.15, 0.2) is 112 Å². The van der Waals surface area contributed by atoms with Gasteiger partial charge in [-0.1, -0.05) is 42.8 Å². The van der Waals surface area contributed by atoms with Crippen molar-refractivity contribution in [3.63, 3.8) is 0 Å². The number of H-pyrrole nitrogens is 2. The molecule has 332 valence electrons. The van der Waals surface area contributed by atoms with Crippen molar-refractivity contribution < 1.29 is 52.0 Å². The van der Waals surface area contributed by atoms with Gasteiger partial charge in [-0.05, 0) is 99.5 Å². The van der Waals surface area contributed by atoms with Crippen molar-refractivity contribution >= 4 is 80.6 Å². The number of hydrogen-bond acceptors (Lipinski definition) is 12. The summed E-state index contributed by atoms with van der Waals surface area (Å²) in [7, 11) is 0. The molecule has 0 saturated carbocycles. The summed E-state index contributed by atoms with van der Waals surface area (Å²) in [5.41, 5.74) is 12.2. The zero-order valence-corrected chi connectivity index (χ0v) is 37.9. The Morgan fingerprint density at radius 1 is 0.766 bits per heavy atom. The van der Waals surface area contributed by atoms with E-state index < -0.39 is 0 Å². The lowest BCUT2D eigenvalue weighted by Gasteiger charge is -2.09. The van der Waals surface area contributed by atoms with E-state index in [1.165, 1.54) is 24.8 Å². The van der Waals surface area contributed by atoms with Crippen LogP contribution in [-0.4, -0.2) is 65.7 Å². The molecule has 2 aromatic carbocycles. The van der Waals surface area contributed by atoms with Crippen LogP contribution in [0.2, 0.25) is 10.0 Å². The van der Waals surface area contributed by atoms with E-state index in [1.54, 1.807) is 60.8 Å². The first-order chi connectivity index (χ1) is 29.8. The first-order valence-corrected chi connectivity index (χ1v) is 19.8. The lowest BCUT2D eigenvalue weighted by molar-refractivity contribution is -0.0000335. The molecule has 19 heteroatoms. The zero-order valence-electron chi connectivity index (χ0n) is 34.2. The first kappa shape index (κ1) is 50.0. The maximum atomic E-state index is 12.3. The number of carbonyl (C=O) groups excluding carboxylic acids is 4. The third-order valence-electron chi connectivity index (χ3n) is 8.58. The number of nitrogen functional groups attached to an aromatic ring is 1. The predicted octanol–water partition coefficient (Wildman–Crippen LogP) is 7.08. The number of hydrogen-bond donors (Lipinski definition) is 5. The molecule has 8 rings (SSSR count). The quantitative estimate of drug-likeness (QED) is 0.0380. The van der Waals surface area contributed by atoms with Crippen molar-refractivity contribution in [2.45, 2.75) is 60.0 Å². The van der Waals surface area contributed by atoms with Gasteiger partial charge in [-0.2, -0.15) is 0 Å². The number of aromatic amines is 2. The third kappa shape index (κ3) is 13.4. The van der Waals surface area contributed by atoms with Crippen LogP contribution in [0, 0.1) is 0 Å². The standard InChI is InChI=1S/C22H20ClN5O3.C18H13ClN4O2.C4H7NO.CH4.HI/c1-12(2)25-22(30)26-14-10-17-21(24-11-14)28-20(27-17)15-8-13(5-6-16(15)23)9-18(29)19-4-3-7-31-19;19-13-4-3-10(7-15(24)16-2-1-5-25-16)6-12(13)17-22-14-8-11(20)9-21-18(14)23-17;1-4(2)5-3-6;;/h3-8,10-12H,9H2,1-2H3,(H,24,27,28)(H2,25,26,30);1-6,8-9H,7,20H2,(H,21,22,23);4H,1-2H3;1H4;1H/p-1. The van der Waals surface area contributed by atoms with Gasteiger partial charge in [-0.15, -0.1) is 0 Å². The fourth-order valence-electron chi connectivity index (χ4n) is 5.82. The van der Waals surface area contributed by atoms with Crippen LogP contribution >= 0.6 is 23.2 Å². The Kier molecular flexibility index (Phi) is 18.1. The molecule has 0 aliphatic rings. The number of carbonyl (C=O) groups is 3. The SMILES string of the molecule is C.CC(C)N=C=O.CC(C)NC(=O)Nc1cnc2nc(-c3cc(CC(=O)c4ccco4)ccc3Cl)[nH]c2c1.Nc1cnc2nc(-c3cc(CC(=O)c4ccco4)ccc3Cl)[nH]c2c1.[I-]. The van der Waals surface area contributed by atoms with Gasteiger partial charge in [0, 0.05) is 30.0 Å². The molecule has 64 heavy (non-hydrogen) atoms. The molecule has 16 nitrogen and oxygen atoms in total. The molecular weight excluding hydrogens is 974 g/mol. The van der Waals surface area contributed by atoms with Gasteiger partial charge in [0.25, 0.3) is 0 Å². The zero-order chi connectivity index (χ0) is 44.3. The largest absolute Gasteiger partial charge is 1.00 e. The van der Waals surface area contributed by atoms with Crippen LogP contribution in [0.4, 0.5) is 16.2 Å². The number of halogens is 3. The highest BCUT2D eigenvalue weighted by atomic mass is 127. The number of nitrogens with two attached hydrogens (primary N) is 1. The molecule has 6 aromatic heterocycles. The molecule has 8 aromatic rings. The Morgan fingerprint density at radius 2 is 1.27 bits per heavy atom. The van der Waals surface area contributed by atoms with E-state index in [2.05, 4.69) is 45.5 Å². The van der Waals surface area contributed by atoms with Gasteiger partial charge < -0.3 is 59.1 Å². The van der Waals surface area contributed by atoms with E-state index in [0.717, 1.165) is 16.6 Å². The average molecular weight is 1020 g/mol. The monoisotopic (exact) mass is 1020 g/mol. The van der Waals surface area contributed by atoms with E-state index in [0.29, 0.717) is 72.5 Å². The van der Waals surface area contributed by atoms with Crippen LogP contribution in [0.3, 0.4) is 0 Å². The number of pyridine rings is 2. The fourth-order valence-corrected chi connectivity index (χ4v) is 6.24. The number of anilines is 2. The van der Waals surface area contributed by atoms with E-state index in [1.807, 2.05) is 45.9 Å². The predicted molar refractivity (Wildman–Crippen MR) is 244 cm³/mol. The number of rotatable bonds is 11. The summed E-state index contributed by atoms with van der Waals surface area (Å²) in [5, 5.41) is 6.51. The number of urea groups is 1. The number of isocyanates is 1. The highest BCUT2D eigenvalue weighted by Crippen LogP contribution is 2.31. The van der Waals surface area contributed by atoms with E-state index >= 15 is 0 Å². The number of aromatic nitrogens is 6. The molecule has 0 radical (unpaired) electrons. The number of aliphatic imine (C=N–C) groups is 1. The molecule has 0 aliphatic heterocycles. The Hall–Kier alpha value is -6.66. The minimum absolute atomic E-state index is 0. The molecule has 0 unspecified atom stereocenters. The highest BCUT2D eigenvalue weighted by molar-refractivity contribution is 6.33. The molecule has 0 aliphatic carbocycles. The van der Waals surface area contributed by atoms with Crippen LogP contribution in [0.1, 0.15) is 67.4 Å². The summed E-state index contributed by atoms with van der Waals surface area (Å²) in [6, 6.07) is 20.7. The van der Waals surface area contributed by atoms with Crippen molar-refractivity contribution in [1.82, 2.24) is 35.2 Å². The molecule has 0 spiro atoms. The second-order valence-electron chi connectivity index (χ2n) is 14.3. The number of imidazole rings is 2. The average Bonchev–Trinajstić information content (AvgIpc) is 4.07. The number of nitrogens with zero attached hydrogens (tertiary/aromatic N) is 5. The van der Waals surface area contributed by atoms with Gasteiger partial charge in [0.1, 0.15) is 11.6 Å². The molecule has 0 atom stereocenters. The Balaban J connectivity index is 0.000000246. The molecule has 2 amide bonds. The number of amides is 2. The summed E-state index contributed by atoms with van der Waals surface area (Å²) < 4.78 is 10.3. The second kappa shape index (κ2) is 23.1. The highest BCUT2D eigenvalue weighted by Gasteiger charge is 2.17. The second-order valence-corrected chi connectivity index (χ2v) is 15.1. The summed E-state index contributed by atoms with van der Waals surface area (Å²) in [6.45, 7) is 7.40.